The van der Waals surface area contributed by atoms with Crippen LogP contribution in [0.3, 0.4) is 0 Å². The van der Waals surface area contributed by atoms with Crippen LogP contribution in [0.1, 0.15) is 10.4 Å². The van der Waals surface area contributed by atoms with E-state index in [1.54, 1.807) is 23.9 Å². The van der Waals surface area contributed by atoms with Crippen LogP contribution in [0.25, 0.3) is 0 Å². The van der Waals surface area contributed by atoms with Crippen molar-refractivity contribution in [3.05, 3.63) is 48.0 Å². The van der Waals surface area contributed by atoms with Gasteiger partial charge in [0.25, 0.3) is 0 Å². The minimum atomic E-state index is 0.638. The molecule has 78 valence electrons. The van der Waals surface area contributed by atoms with Gasteiger partial charge >= 0.3 is 0 Å². The molecule has 0 atom stereocenters. The van der Waals surface area contributed by atoms with Crippen LogP contribution in [-0.2, 0) is 0 Å². The quantitative estimate of drug-likeness (QED) is 0.593. The van der Waals surface area contributed by atoms with Gasteiger partial charge in [0.05, 0.1) is 9.79 Å². The van der Waals surface area contributed by atoms with Gasteiger partial charge < -0.3 is 4.74 Å². The number of rotatable bonds is 1. The zero-order chi connectivity index (χ0) is 11.0. The second-order valence-corrected chi connectivity index (χ2v) is 4.56. The largest absolute Gasteiger partial charge is 0.455 e. The molecule has 0 unspecified atom stereocenters. The topological polar surface area (TPSA) is 26.3 Å². The maximum atomic E-state index is 10.7. The maximum absolute atomic E-state index is 10.7. The summed E-state index contributed by atoms with van der Waals surface area (Å²) in [5.74, 6) is 1.61. The Kier molecular flexibility index (Phi) is 2.18. The SMILES string of the molecule is O=Cc1ccc2c(c1)Oc1ccccc1S2. The summed E-state index contributed by atoms with van der Waals surface area (Å²) in [5.41, 5.74) is 0.638. The highest BCUT2D eigenvalue weighted by atomic mass is 32.2. The first-order chi connectivity index (χ1) is 7.86. The Morgan fingerprint density at radius 1 is 1.00 bits per heavy atom. The van der Waals surface area contributed by atoms with Crippen molar-refractivity contribution in [1.29, 1.82) is 0 Å². The molecule has 3 rings (SSSR count). The average Bonchev–Trinajstić information content (AvgIpc) is 2.35. The molecule has 2 aromatic rings. The predicted octanol–water partition coefficient (Wildman–Crippen LogP) is 3.76. The van der Waals surface area contributed by atoms with Crippen molar-refractivity contribution in [3.8, 4) is 11.5 Å². The van der Waals surface area contributed by atoms with E-state index in [1.165, 1.54) is 0 Å². The van der Waals surface area contributed by atoms with Gasteiger partial charge in [-0.3, -0.25) is 4.79 Å². The lowest BCUT2D eigenvalue weighted by atomic mass is 10.2. The van der Waals surface area contributed by atoms with Crippen molar-refractivity contribution in [2.45, 2.75) is 9.79 Å². The van der Waals surface area contributed by atoms with Gasteiger partial charge in [0.1, 0.15) is 17.8 Å². The molecule has 0 aliphatic carbocycles. The molecule has 0 N–H and O–H groups in total. The molecular formula is C13H8O2S. The number of hydrogen-bond acceptors (Lipinski definition) is 3. The Morgan fingerprint density at radius 3 is 2.69 bits per heavy atom. The molecule has 2 aromatic carbocycles. The van der Waals surface area contributed by atoms with E-state index in [9.17, 15) is 4.79 Å². The molecule has 16 heavy (non-hydrogen) atoms. The van der Waals surface area contributed by atoms with Gasteiger partial charge in [0.2, 0.25) is 0 Å². The van der Waals surface area contributed by atoms with Crippen LogP contribution in [0.5, 0.6) is 11.5 Å². The zero-order valence-electron chi connectivity index (χ0n) is 8.34. The monoisotopic (exact) mass is 228 g/mol. The summed E-state index contributed by atoms with van der Waals surface area (Å²) in [6.07, 6.45) is 0.828. The highest BCUT2D eigenvalue weighted by Gasteiger charge is 2.17. The van der Waals surface area contributed by atoms with Crippen molar-refractivity contribution in [2.24, 2.45) is 0 Å². The number of carbonyl (C=O) groups excluding carboxylic acids is 1. The standard InChI is InChI=1S/C13H8O2S/c14-8-9-5-6-13-11(7-9)15-10-3-1-2-4-12(10)16-13/h1-8H. The first kappa shape index (κ1) is 9.48. The van der Waals surface area contributed by atoms with E-state index >= 15 is 0 Å². The van der Waals surface area contributed by atoms with Gasteiger partial charge in [0, 0.05) is 5.56 Å². The van der Waals surface area contributed by atoms with Crippen molar-refractivity contribution >= 4 is 18.0 Å². The number of ether oxygens (including phenoxy) is 1. The summed E-state index contributed by atoms with van der Waals surface area (Å²) < 4.78 is 5.74. The van der Waals surface area contributed by atoms with E-state index in [4.69, 9.17) is 4.74 Å². The lowest BCUT2D eigenvalue weighted by Crippen LogP contribution is -1.95. The van der Waals surface area contributed by atoms with Gasteiger partial charge in [-0.1, -0.05) is 30.0 Å². The third kappa shape index (κ3) is 1.49. The van der Waals surface area contributed by atoms with Crippen LogP contribution < -0.4 is 4.74 Å². The molecule has 3 heteroatoms. The van der Waals surface area contributed by atoms with E-state index in [1.807, 2.05) is 30.3 Å². The minimum Gasteiger partial charge on any atom is -0.455 e. The minimum absolute atomic E-state index is 0.638. The summed E-state index contributed by atoms with van der Waals surface area (Å²) in [5, 5.41) is 0. The predicted molar refractivity (Wildman–Crippen MR) is 62.5 cm³/mol. The molecule has 2 nitrogen and oxygen atoms in total. The van der Waals surface area contributed by atoms with E-state index in [-0.39, 0.29) is 0 Å². The molecule has 1 heterocycles. The molecule has 0 saturated heterocycles. The molecule has 0 aromatic heterocycles. The van der Waals surface area contributed by atoms with E-state index in [0.29, 0.717) is 5.56 Å². The molecule has 0 radical (unpaired) electrons. The number of carbonyl (C=O) groups is 1. The fourth-order valence-corrected chi connectivity index (χ4v) is 2.55. The lowest BCUT2D eigenvalue weighted by Gasteiger charge is -2.19. The summed E-state index contributed by atoms with van der Waals surface area (Å²) in [6, 6.07) is 13.4. The van der Waals surface area contributed by atoms with Crippen molar-refractivity contribution in [1.82, 2.24) is 0 Å². The first-order valence-electron chi connectivity index (χ1n) is 4.91. The normalized spacial score (nSPS) is 12.2. The molecule has 1 aliphatic rings. The van der Waals surface area contributed by atoms with Crippen LogP contribution in [0.4, 0.5) is 0 Å². The first-order valence-corrected chi connectivity index (χ1v) is 5.72. The molecule has 1 aliphatic heterocycles. The van der Waals surface area contributed by atoms with Crippen LogP contribution in [0.2, 0.25) is 0 Å². The number of benzene rings is 2. The van der Waals surface area contributed by atoms with E-state index < -0.39 is 0 Å². The van der Waals surface area contributed by atoms with E-state index in [0.717, 1.165) is 27.6 Å². The molecule has 0 bridgehead atoms. The summed E-state index contributed by atoms with van der Waals surface area (Å²) in [6.45, 7) is 0. The molecule has 0 saturated carbocycles. The Balaban J connectivity index is 2.08. The van der Waals surface area contributed by atoms with Gasteiger partial charge in [-0.05, 0) is 24.3 Å². The third-order valence-electron chi connectivity index (χ3n) is 2.39. The maximum Gasteiger partial charge on any atom is 0.150 e. The lowest BCUT2D eigenvalue weighted by molar-refractivity contribution is 0.112. The van der Waals surface area contributed by atoms with Gasteiger partial charge in [-0.25, -0.2) is 0 Å². The van der Waals surface area contributed by atoms with E-state index in [2.05, 4.69) is 0 Å². The van der Waals surface area contributed by atoms with Crippen molar-refractivity contribution in [2.75, 3.05) is 0 Å². The van der Waals surface area contributed by atoms with Crippen molar-refractivity contribution < 1.29 is 9.53 Å². The molecule has 0 spiro atoms. The van der Waals surface area contributed by atoms with Gasteiger partial charge in [-0.2, -0.15) is 0 Å². The third-order valence-corrected chi connectivity index (χ3v) is 3.51. The fourth-order valence-electron chi connectivity index (χ4n) is 1.62. The van der Waals surface area contributed by atoms with Crippen LogP contribution >= 0.6 is 11.8 Å². The highest BCUT2D eigenvalue weighted by Crippen LogP contribution is 2.46. The molecule has 0 fully saturated rings. The van der Waals surface area contributed by atoms with Crippen LogP contribution in [0.15, 0.2) is 52.3 Å². The Hall–Kier alpha value is -1.74. The number of aldehydes is 1. The number of para-hydroxylation sites is 1. The Bertz CT molecular complexity index is 564. The average molecular weight is 228 g/mol. The second kappa shape index (κ2) is 3.68. The number of fused-ring (bicyclic) bond motifs is 2. The molecule has 0 amide bonds. The second-order valence-electron chi connectivity index (χ2n) is 3.47. The summed E-state index contributed by atoms with van der Waals surface area (Å²) >= 11 is 1.66. The van der Waals surface area contributed by atoms with Gasteiger partial charge in [-0.15, -0.1) is 0 Å². The zero-order valence-corrected chi connectivity index (χ0v) is 9.16. The number of hydrogen-bond donors (Lipinski definition) is 0. The van der Waals surface area contributed by atoms with Crippen molar-refractivity contribution in [3.63, 3.8) is 0 Å². The van der Waals surface area contributed by atoms with Gasteiger partial charge in [0.15, 0.2) is 0 Å². The fraction of sp³-hybridized carbons (Fsp3) is 0. The summed E-state index contributed by atoms with van der Waals surface area (Å²) in [7, 11) is 0. The Morgan fingerprint density at radius 2 is 1.81 bits per heavy atom. The highest BCUT2D eigenvalue weighted by molar-refractivity contribution is 7.99. The Labute approximate surface area is 97.2 Å². The van der Waals surface area contributed by atoms with Crippen LogP contribution in [0, 0.1) is 0 Å². The van der Waals surface area contributed by atoms with Crippen LogP contribution in [-0.4, -0.2) is 6.29 Å². The smallest absolute Gasteiger partial charge is 0.150 e. The molecular weight excluding hydrogens is 220 g/mol. The summed E-state index contributed by atoms with van der Waals surface area (Å²) in [4.78, 5) is 12.8.